The summed E-state index contributed by atoms with van der Waals surface area (Å²) in [5.41, 5.74) is 0. The van der Waals surface area contributed by atoms with Crippen LogP contribution in [0.4, 0.5) is 0 Å². The van der Waals surface area contributed by atoms with Gasteiger partial charge in [-0.3, -0.25) is 4.90 Å². The van der Waals surface area contributed by atoms with Crippen LogP contribution in [0.3, 0.4) is 0 Å². The lowest BCUT2D eigenvalue weighted by molar-refractivity contribution is -0.0216. The molecule has 2 unspecified atom stereocenters. The molecule has 0 aromatic rings. The summed E-state index contributed by atoms with van der Waals surface area (Å²) in [5, 5.41) is 0. The van der Waals surface area contributed by atoms with Gasteiger partial charge in [0, 0.05) is 25.7 Å². The summed E-state index contributed by atoms with van der Waals surface area (Å²) in [4.78, 5) is 5.34. The second-order valence-corrected chi connectivity index (χ2v) is 7.32. The smallest absolute Gasteiger partial charge is 0.0622 e. The molecule has 2 heterocycles. The van der Waals surface area contributed by atoms with E-state index < -0.39 is 0 Å². The van der Waals surface area contributed by atoms with E-state index in [9.17, 15) is 0 Å². The van der Waals surface area contributed by atoms with Gasteiger partial charge in [0.2, 0.25) is 0 Å². The Morgan fingerprint density at radius 2 is 1.75 bits per heavy atom. The number of nitrogens with zero attached hydrogens (tertiary/aromatic N) is 2. The van der Waals surface area contributed by atoms with Gasteiger partial charge in [-0.05, 0) is 44.2 Å². The molecule has 0 bridgehead atoms. The largest absolute Gasteiger partial charge is 0.378 e. The van der Waals surface area contributed by atoms with Crippen molar-refractivity contribution in [3.63, 3.8) is 0 Å². The molecule has 2 aliphatic rings. The average molecular weight is 282 g/mol. The first-order chi connectivity index (χ1) is 9.65. The van der Waals surface area contributed by atoms with E-state index in [1.807, 2.05) is 0 Å². The standard InChI is InChI=1S/C17H34N2O/c1-15(2)12-19-9-10-20-14-17(19)11-16(3)13-18-7-5-4-6-8-18/h15-17H,4-14H2,1-3H3. The van der Waals surface area contributed by atoms with E-state index in [2.05, 4.69) is 30.6 Å². The van der Waals surface area contributed by atoms with Crippen LogP contribution < -0.4 is 0 Å². The first kappa shape index (κ1) is 16.3. The highest BCUT2D eigenvalue weighted by atomic mass is 16.5. The minimum atomic E-state index is 0.644. The van der Waals surface area contributed by atoms with Crippen molar-refractivity contribution in [1.29, 1.82) is 0 Å². The fourth-order valence-corrected chi connectivity index (χ4v) is 3.74. The molecule has 2 aliphatic heterocycles. The van der Waals surface area contributed by atoms with Gasteiger partial charge in [0.1, 0.15) is 0 Å². The van der Waals surface area contributed by atoms with Crippen LogP contribution in [0.25, 0.3) is 0 Å². The van der Waals surface area contributed by atoms with Crippen LogP contribution in [-0.4, -0.2) is 61.8 Å². The van der Waals surface area contributed by atoms with E-state index >= 15 is 0 Å². The van der Waals surface area contributed by atoms with Gasteiger partial charge in [0.05, 0.1) is 13.2 Å². The van der Waals surface area contributed by atoms with Crippen molar-refractivity contribution < 1.29 is 4.74 Å². The molecule has 118 valence electrons. The van der Waals surface area contributed by atoms with Crippen LogP contribution in [0, 0.1) is 11.8 Å². The number of hydrogen-bond donors (Lipinski definition) is 0. The normalized spacial score (nSPS) is 27.9. The monoisotopic (exact) mass is 282 g/mol. The molecule has 2 rings (SSSR count). The molecule has 0 amide bonds. The number of ether oxygens (including phenoxy) is 1. The topological polar surface area (TPSA) is 15.7 Å². The predicted molar refractivity (Wildman–Crippen MR) is 85.1 cm³/mol. The highest BCUT2D eigenvalue weighted by Crippen LogP contribution is 2.19. The SMILES string of the molecule is CC(C)CN1CCOCC1CC(C)CN1CCCCC1. The third kappa shape index (κ3) is 5.34. The molecular weight excluding hydrogens is 248 g/mol. The van der Waals surface area contributed by atoms with E-state index in [4.69, 9.17) is 4.74 Å². The number of piperidine rings is 1. The zero-order chi connectivity index (χ0) is 14.4. The fraction of sp³-hybridized carbons (Fsp3) is 1.00. The van der Waals surface area contributed by atoms with E-state index in [0.29, 0.717) is 6.04 Å². The van der Waals surface area contributed by atoms with Crippen LogP contribution >= 0.6 is 0 Å². The molecule has 20 heavy (non-hydrogen) atoms. The lowest BCUT2D eigenvalue weighted by Gasteiger charge is -2.39. The van der Waals surface area contributed by atoms with Crippen molar-refractivity contribution in [3.8, 4) is 0 Å². The number of hydrogen-bond acceptors (Lipinski definition) is 3. The van der Waals surface area contributed by atoms with E-state index in [0.717, 1.165) is 31.6 Å². The van der Waals surface area contributed by atoms with Crippen LogP contribution in [0.1, 0.15) is 46.5 Å². The first-order valence-corrected chi connectivity index (χ1v) is 8.69. The Morgan fingerprint density at radius 1 is 1.00 bits per heavy atom. The molecular formula is C17H34N2O. The van der Waals surface area contributed by atoms with Crippen molar-refractivity contribution in [2.45, 2.75) is 52.5 Å². The van der Waals surface area contributed by atoms with Gasteiger partial charge in [0.15, 0.2) is 0 Å². The van der Waals surface area contributed by atoms with Gasteiger partial charge in [0.25, 0.3) is 0 Å². The third-order valence-electron chi connectivity index (χ3n) is 4.64. The Bertz CT molecular complexity index is 264. The molecule has 0 saturated carbocycles. The quantitative estimate of drug-likeness (QED) is 0.745. The maximum Gasteiger partial charge on any atom is 0.0622 e. The van der Waals surface area contributed by atoms with Crippen molar-refractivity contribution in [1.82, 2.24) is 9.80 Å². The minimum absolute atomic E-state index is 0.644. The van der Waals surface area contributed by atoms with Gasteiger partial charge in [-0.1, -0.05) is 27.2 Å². The maximum absolute atomic E-state index is 5.73. The van der Waals surface area contributed by atoms with Crippen LogP contribution in [0.2, 0.25) is 0 Å². The molecule has 0 aromatic carbocycles. The maximum atomic E-state index is 5.73. The molecule has 3 nitrogen and oxygen atoms in total. The lowest BCUT2D eigenvalue weighted by atomic mass is 9.98. The third-order valence-corrected chi connectivity index (χ3v) is 4.64. The van der Waals surface area contributed by atoms with E-state index in [1.54, 1.807) is 0 Å². The van der Waals surface area contributed by atoms with E-state index in [-0.39, 0.29) is 0 Å². The first-order valence-electron chi connectivity index (χ1n) is 8.69. The summed E-state index contributed by atoms with van der Waals surface area (Å²) in [5.74, 6) is 1.54. The average Bonchev–Trinajstić information content (AvgIpc) is 2.41. The van der Waals surface area contributed by atoms with Gasteiger partial charge in [-0.15, -0.1) is 0 Å². The molecule has 3 heteroatoms. The molecule has 0 aromatic heterocycles. The Hall–Kier alpha value is -0.120. The Morgan fingerprint density at radius 3 is 2.45 bits per heavy atom. The molecule has 0 N–H and O–H groups in total. The zero-order valence-electron chi connectivity index (χ0n) is 13.8. The molecule has 2 fully saturated rings. The summed E-state index contributed by atoms with van der Waals surface area (Å²) in [6.45, 7) is 15.2. The lowest BCUT2D eigenvalue weighted by Crippen LogP contribution is -2.48. The second-order valence-electron chi connectivity index (χ2n) is 7.32. The molecule has 2 saturated heterocycles. The predicted octanol–water partition coefficient (Wildman–Crippen LogP) is 2.86. The highest BCUT2D eigenvalue weighted by molar-refractivity contribution is 4.79. The molecule has 0 spiro atoms. The fourth-order valence-electron chi connectivity index (χ4n) is 3.74. The van der Waals surface area contributed by atoms with Gasteiger partial charge >= 0.3 is 0 Å². The Balaban J connectivity index is 1.76. The van der Waals surface area contributed by atoms with Crippen molar-refractivity contribution in [3.05, 3.63) is 0 Å². The molecule has 0 aliphatic carbocycles. The molecule has 2 atom stereocenters. The minimum Gasteiger partial charge on any atom is -0.378 e. The van der Waals surface area contributed by atoms with Crippen LogP contribution in [-0.2, 0) is 4.74 Å². The number of likely N-dealkylation sites (tertiary alicyclic amines) is 1. The Kier molecular flexibility index (Phi) is 6.79. The zero-order valence-corrected chi connectivity index (χ0v) is 13.8. The van der Waals surface area contributed by atoms with Gasteiger partial charge < -0.3 is 9.64 Å². The van der Waals surface area contributed by atoms with Crippen LogP contribution in [0.15, 0.2) is 0 Å². The number of morpholine rings is 1. The van der Waals surface area contributed by atoms with Crippen molar-refractivity contribution in [2.75, 3.05) is 45.9 Å². The summed E-state index contributed by atoms with van der Waals surface area (Å²) < 4.78 is 5.73. The summed E-state index contributed by atoms with van der Waals surface area (Å²) in [6.07, 6.45) is 5.53. The van der Waals surface area contributed by atoms with Gasteiger partial charge in [-0.25, -0.2) is 0 Å². The van der Waals surface area contributed by atoms with E-state index in [1.165, 1.54) is 51.9 Å². The second kappa shape index (κ2) is 8.35. The van der Waals surface area contributed by atoms with Crippen LogP contribution in [0.5, 0.6) is 0 Å². The summed E-state index contributed by atoms with van der Waals surface area (Å²) in [7, 11) is 0. The van der Waals surface area contributed by atoms with Crippen molar-refractivity contribution >= 4 is 0 Å². The summed E-state index contributed by atoms with van der Waals surface area (Å²) >= 11 is 0. The molecule has 0 radical (unpaired) electrons. The van der Waals surface area contributed by atoms with Crippen molar-refractivity contribution in [2.24, 2.45) is 11.8 Å². The number of rotatable bonds is 6. The van der Waals surface area contributed by atoms with Gasteiger partial charge in [-0.2, -0.15) is 0 Å². The summed E-state index contributed by atoms with van der Waals surface area (Å²) in [6, 6.07) is 0.644. The Labute approximate surface area is 125 Å². The highest BCUT2D eigenvalue weighted by Gasteiger charge is 2.26.